The molecule has 1 aromatic heterocycles. The zero-order chi connectivity index (χ0) is 22.4. The SMILES string of the molecule is COc1ccc(C(CNC(=O)CSc2nncn2-c2ccc(C)c(Cl)c2)N(C)C)cc1. The molecule has 3 aromatic rings. The van der Waals surface area contributed by atoms with Crippen LogP contribution >= 0.6 is 23.4 Å². The van der Waals surface area contributed by atoms with Gasteiger partial charge in [0.15, 0.2) is 5.16 Å². The number of carbonyl (C=O) groups excluding carboxylic acids is 1. The largest absolute Gasteiger partial charge is 0.497 e. The molecule has 0 bridgehead atoms. The molecule has 1 atom stereocenters. The molecule has 7 nitrogen and oxygen atoms in total. The van der Waals surface area contributed by atoms with Crippen molar-refractivity contribution in [3.05, 3.63) is 64.9 Å². The van der Waals surface area contributed by atoms with E-state index in [-0.39, 0.29) is 17.7 Å². The molecule has 1 N–H and O–H groups in total. The Hall–Kier alpha value is -2.55. The van der Waals surface area contributed by atoms with Gasteiger partial charge in [-0.05, 0) is 56.4 Å². The predicted octanol–water partition coefficient (Wildman–Crippen LogP) is 3.75. The van der Waals surface area contributed by atoms with Crippen LogP contribution in [0.4, 0.5) is 0 Å². The number of benzene rings is 2. The molecule has 0 radical (unpaired) electrons. The number of hydrogen-bond acceptors (Lipinski definition) is 6. The summed E-state index contributed by atoms with van der Waals surface area (Å²) in [6, 6.07) is 13.7. The van der Waals surface area contributed by atoms with Crippen LogP contribution in [-0.4, -0.2) is 59.1 Å². The van der Waals surface area contributed by atoms with E-state index in [9.17, 15) is 4.79 Å². The van der Waals surface area contributed by atoms with Gasteiger partial charge in [-0.15, -0.1) is 10.2 Å². The van der Waals surface area contributed by atoms with Crippen LogP contribution in [0.15, 0.2) is 53.9 Å². The van der Waals surface area contributed by atoms with E-state index in [2.05, 4.69) is 20.4 Å². The lowest BCUT2D eigenvalue weighted by atomic mass is 10.1. The highest BCUT2D eigenvalue weighted by molar-refractivity contribution is 7.99. The van der Waals surface area contributed by atoms with Crippen LogP contribution < -0.4 is 10.1 Å². The highest BCUT2D eigenvalue weighted by Gasteiger charge is 2.16. The second kappa shape index (κ2) is 10.7. The summed E-state index contributed by atoms with van der Waals surface area (Å²) in [5.41, 5.74) is 2.96. The zero-order valence-corrected chi connectivity index (χ0v) is 19.6. The maximum atomic E-state index is 12.5. The van der Waals surface area contributed by atoms with Gasteiger partial charge in [0.1, 0.15) is 12.1 Å². The van der Waals surface area contributed by atoms with E-state index in [1.807, 2.05) is 68.1 Å². The minimum Gasteiger partial charge on any atom is -0.497 e. The van der Waals surface area contributed by atoms with Crippen molar-refractivity contribution in [1.29, 1.82) is 0 Å². The number of aryl methyl sites for hydroxylation is 1. The van der Waals surface area contributed by atoms with Gasteiger partial charge in [-0.3, -0.25) is 9.36 Å². The fourth-order valence-corrected chi connectivity index (χ4v) is 3.98. The predicted molar refractivity (Wildman–Crippen MR) is 124 cm³/mol. The number of carbonyl (C=O) groups is 1. The van der Waals surface area contributed by atoms with Crippen LogP contribution in [-0.2, 0) is 4.79 Å². The van der Waals surface area contributed by atoms with Gasteiger partial charge >= 0.3 is 0 Å². The average molecular weight is 460 g/mol. The third-order valence-electron chi connectivity index (χ3n) is 4.90. The second-order valence-corrected chi connectivity index (χ2v) is 8.61. The van der Waals surface area contributed by atoms with E-state index in [0.717, 1.165) is 22.6 Å². The molecule has 2 aromatic carbocycles. The number of halogens is 1. The summed E-state index contributed by atoms with van der Waals surface area (Å²) in [5.74, 6) is 0.976. The number of aromatic nitrogens is 3. The molecule has 0 fully saturated rings. The molecule has 0 spiro atoms. The second-order valence-electron chi connectivity index (χ2n) is 7.26. The lowest BCUT2D eigenvalue weighted by Crippen LogP contribution is -2.35. The fourth-order valence-electron chi connectivity index (χ4n) is 3.05. The van der Waals surface area contributed by atoms with Gasteiger partial charge in [0, 0.05) is 11.6 Å². The van der Waals surface area contributed by atoms with Crippen molar-refractivity contribution in [3.8, 4) is 11.4 Å². The first-order valence-electron chi connectivity index (χ1n) is 9.75. The van der Waals surface area contributed by atoms with Crippen LogP contribution in [0.3, 0.4) is 0 Å². The molecule has 3 rings (SSSR count). The Morgan fingerprint density at radius 1 is 1.26 bits per heavy atom. The maximum absolute atomic E-state index is 12.5. The smallest absolute Gasteiger partial charge is 0.230 e. The van der Waals surface area contributed by atoms with E-state index in [0.29, 0.717) is 16.7 Å². The Morgan fingerprint density at radius 3 is 2.65 bits per heavy atom. The monoisotopic (exact) mass is 459 g/mol. The van der Waals surface area contributed by atoms with Gasteiger partial charge in [-0.1, -0.05) is 41.6 Å². The summed E-state index contributed by atoms with van der Waals surface area (Å²) in [6.07, 6.45) is 1.62. The molecular formula is C22H26ClN5O2S. The normalized spacial score (nSPS) is 12.1. The Morgan fingerprint density at radius 2 is 2.00 bits per heavy atom. The third-order valence-corrected chi connectivity index (χ3v) is 6.25. The number of thioether (sulfide) groups is 1. The van der Waals surface area contributed by atoms with E-state index < -0.39 is 0 Å². The van der Waals surface area contributed by atoms with Gasteiger partial charge in [0.2, 0.25) is 5.91 Å². The molecule has 0 saturated heterocycles. The molecule has 0 aliphatic heterocycles. The first-order valence-corrected chi connectivity index (χ1v) is 11.1. The lowest BCUT2D eigenvalue weighted by Gasteiger charge is -2.25. The number of nitrogens with one attached hydrogen (secondary N) is 1. The average Bonchev–Trinajstić information content (AvgIpc) is 3.23. The standard InChI is InChI=1S/C22H26ClN5O2S/c1-15-5-8-17(11-19(15)23)28-14-25-26-22(28)31-13-21(29)24-12-20(27(2)3)16-6-9-18(30-4)10-7-16/h5-11,14,20H,12-13H2,1-4H3,(H,24,29). The number of likely N-dealkylation sites (N-methyl/N-ethyl adjacent to an activating group) is 1. The summed E-state index contributed by atoms with van der Waals surface area (Å²) in [5, 5.41) is 12.4. The topological polar surface area (TPSA) is 72.3 Å². The quantitative estimate of drug-likeness (QED) is 0.491. The molecule has 164 valence electrons. The van der Waals surface area contributed by atoms with Crippen molar-refractivity contribution >= 4 is 29.3 Å². The molecule has 0 aliphatic carbocycles. The number of ether oxygens (including phenoxy) is 1. The van der Waals surface area contributed by atoms with Crippen molar-refractivity contribution in [2.75, 3.05) is 33.5 Å². The van der Waals surface area contributed by atoms with Gasteiger partial charge < -0.3 is 15.0 Å². The van der Waals surface area contributed by atoms with E-state index >= 15 is 0 Å². The fraction of sp³-hybridized carbons (Fsp3) is 0.318. The Bertz CT molecular complexity index is 1020. The van der Waals surface area contributed by atoms with E-state index in [1.165, 1.54) is 11.8 Å². The first kappa shape index (κ1) is 23.1. The minimum atomic E-state index is -0.0677. The third kappa shape index (κ3) is 6.00. The highest BCUT2D eigenvalue weighted by Crippen LogP contribution is 2.24. The molecule has 31 heavy (non-hydrogen) atoms. The summed E-state index contributed by atoms with van der Waals surface area (Å²) in [7, 11) is 5.63. The molecule has 1 heterocycles. The van der Waals surface area contributed by atoms with Crippen molar-refractivity contribution in [2.24, 2.45) is 0 Å². The highest BCUT2D eigenvalue weighted by atomic mass is 35.5. The summed E-state index contributed by atoms with van der Waals surface area (Å²) in [6.45, 7) is 2.45. The Kier molecular flexibility index (Phi) is 7.95. The molecule has 0 saturated carbocycles. The molecule has 9 heteroatoms. The van der Waals surface area contributed by atoms with Crippen molar-refractivity contribution in [3.63, 3.8) is 0 Å². The lowest BCUT2D eigenvalue weighted by molar-refractivity contribution is -0.118. The van der Waals surface area contributed by atoms with Crippen LogP contribution in [0, 0.1) is 6.92 Å². The molecule has 1 amide bonds. The summed E-state index contributed by atoms with van der Waals surface area (Å²) < 4.78 is 7.05. The zero-order valence-electron chi connectivity index (χ0n) is 18.0. The van der Waals surface area contributed by atoms with Crippen LogP contribution in [0.2, 0.25) is 5.02 Å². The van der Waals surface area contributed by atoms with Crippen molar-refractivity contribution in [2.45, 2.75) is 18.1 Å². The van der Waals surface area contributed by atoms with Gasteiger partial charge in [-0.2, -0.15) is 0 Å². The van der Waals surface area contributed by atoms with Crippen LogP contribution in [0.5, 0.6) is 5.75 Å². The van der Waals surface area contributed by atoms with E-state index in [1.54, 1.807) is 13.4 Å². The van der Waals surface area contributed by atoms with Gasteiger partial charge in [0.25, 0.3) is 0 Å². The molecule has 1 unspecified atom stereocenters. The summed E-state index contributed by atoms with van der Waals surface area (Å²) in [4.78, 5) is 14.6. The van der Waals surface area contributed by atoms with Crippen LogP contribution in [0.1, 0.15) is 17.2 Å². The maximum Gasteiger partial charge on any atom is 0.230 e. The Labute approximate surface area is 191 Å². The number of methoxy groups -OCH3 is 1. The molecule has 0 aliphatic rings. The minimum absolute atomic E-state index is 0.0539. The van der Waals surface area contributed by atoms with E-state index in [4.69, 9.17) is 16.3 Å². The number of amides is 1. The summed E-state index contributed by atoms with van der Waals surface area (Å²) >= 11 is 7.57. The van der Waals surface area contributed by atoms with Gasteiger partial charge in [-0.25, -0.2) is 0 Å². The van der Waals surface area contributed by atoms with Crippen molar-refractivity contribution in [1.82, 2.24) is 25.0 Å². The number of nitrogens with zero attached hydrogens (tertiary/aromatic N) is 4. The van der Waals surface area contributed by atoms with Gasteiger partial charge in [0.05, 0.1) is 24.6 Å². The Balaban J connectivity index is 1.58. The number of hydrogen-bond donors (Lipinski definition) is 1. The van der Waals surface area contributed by atoms with Crippen LogP contribution in [0.25, 0.3) is 5.69 Å². The first-order chi connectivity index (χ1) is 14.9. The molecular weight excluding hydrogens is 434 g/mol. The van der Waals surface area contributed by atoms with Crippen molar-refractivity contribution < 1.29 is 9.53 Å². The number of rotatable bonds is 9.